The first kappa shape index (κ1) is 12.3. The molecule has 3 rings (SSSR count). The number of hydrogen-bond donors (Lipinski definition) is 3. The number of epoxide rings is 1. The highest BCUT2D eigenvalue weighted by atomic mass is 16.7. The number of hydrogen-bond acceptors (Lipinski definition) is 6. The number of aliphatic hydroxyl groups is 3. The van der Waals surface area contributed by atoms with Crippen molar-refractivity contribution < 1.29 is 29.6 Å². The largest absolute Gasteiger partial charge is 0.387 e. The molecule has 6 nitrogen and oxygen atoms in total. The van der Waals surface area contributed by atoms with E-state index < -0.39 is 35.3 Å². The zero-order valence-electron chi connectivity index (χ0n) is 10.4. The lowest BCUT2D eigenvalue weighted by Crippen LogP contribution is -2.65. The molecule has 3 aliphatic rings. The Bertz CT molecular complexity index is 469. The summed E-state index contributed by atoms with van der Waals surface area (Å²) >= 11 is 0. The third-order valence-electron chi connectivity index (χ3n) is 4.10. The van der Waals surface area contributed by atoms with E-state index in [9.17, 15) is 20.1 Å². The molecule has 100 valence electrons. The van der Waals surface area contributed by atoms with E-state index in [0.29, 0.717) is 0 Å². The van der Waals surface area contributed by atoms with E-state index in [1.54, 1.807) is 20.8 Å². The van der Waals surface area contributed by atoms with Crippen molar-refractivity contribution in [3.63, 3.8) is 0 Å². The lowest BCUT2D eigenvalue weighted by molar-refractivity contribution is -0.304. The van der Waals surface area contributed by atoms with Crippen LogP contribution in [-0.2, 0) is 14.3 Å². The van der Waals surface area contributed by atoms with Crippen molar-refractivity contribution in [2.75, 3.05) is 0 Å². The van der Waals surface area contributed by atoms with Crippen molar-refractivity contribution in [3.8, 4) is 0 Å². The van der Waals surface area contributed by atoms with Gasteiger partial charge in [-0.1, -0.05) is 0 Å². The highest BCUT2D eigenvalue weighted by Crippen LogP contribution is 2.55. The first-order chi connectivity index (χ1) is 8.13. The van der Waals surface area contributed by atoms with E-state index in [1.807, 2.05) is 0 Å². The Morgan fingerprint density at radius 2 is 1.89 bits per heavy atom. The Labute approximate surface area is 104 Å². The number of carbonyl (C=O) groups excluding carboxylic acids is 1. The van der Waals surface area contributed by atoms with Gasteiger partial charge in [-0.05, 0) is 26.8 Å². The van der Waals surface area contributed by atoms with Crippen LogP contribution in [0.1, 0.15) is 20.8 Å². The summed E-state index contributed by atoms with van der Waals surface area (Å²) in [6.07, 6.45) is -2.29. The van der Waals surface area contributed by atoms with Gasteiger partial charge in [-0.25, -0.2) is 0 Å². The molecule has 0 aromatic heterocycles. The van der Waals surface area contributed by atoms with E-state index in [1.165, 1.54) is 0 Å². The van der Waals surface area contributed by atoms with Crippen LogP contribution in [0.5, 0.6) is 0 Å². The zero-order chi connectivity index (χ0) is 13.5. The van der Waals surface area contributed by atoms with Gasteiger partial charge in [-0.15, -0.1) is 0 Å². The summed E-state index contributed by atoms with van der Waals surface area (Å²) in [5.41, 5.74) is -2.26. The molecule has 0 aromatic carbocycles. The molecule has 0 bridgehead atoms. The average molecular weight is 256 g/mol. The fourth-order valence-electron chi connectivity index (χ4n) is 2.81. The van der Waals surface area contributed by atoms with Gasteiger partial charge in [0.15, 0.2) is 17.5 Å². The average Bonchev–Trinajstić information content (AvgIpc) is 2.95. The highest BCUT2D eigenvalue weighted by molar-refractivity contribution is 6.02. The van der Waals surface area contributed by atoms with Gasteiger partial charge in [0.1, 0.15) is 12.2 Å². The van der Waals surface area contributed by atoms with Gasteiger partial charge in [-0.2, -0.15) is 0 Å². The molecule has 0 aromatic rings. The van der Waals surface area contributed by atoms with Gasteiger partial charge in [0.2, 0.25) is 5.79 Å². The second kappa shape index (κ2) is 3.02. The monoisotopic (exact) mass is 256 g/mol. The van der Waals surface area contributed by atoms with Crippen LogP contribution in [0, 0.1) is 0 Å². The number of carbonyl (C=O) groups is 1. The van der Waals surface area contributed by atoms with Crippen LogP contribution in [0.25, 0.3) is 0 Å². The third kappa shape index (κ3) is 1.22. The van der Waals surface area contributed by atoms with Crippen molar-refractivity contribution in [2.45, 2.75) is 56.1 Å². The lowest BCUT2D eigenvalue weighted by Gasteiger charge is -2.49. The van der Waals surface area contributed by atoms with E-state index in [2.05, 4.69) is 0 Å². The Kier molecular flexibility index (Phi) is 2.06. The Hall–Kier alpha value is -0.790. The van der Waals surface area contributed by atoms with Crippen molar-refractivity contribution in [2.24, 2.45) is 0 Å². The van der Waals surface area contributed by atoms with Gasteiger partial charge in [0.25, 0.3) is 0 Å². The Morgan fingerprint density at radius 1 is 1.28 bits per heavy atom. The second-order valence-corrected chi connectivity index (χ2v) is 5.86. The molecule has 1 aliphatic carbocycles. The predicted molar refractivity (Wildman–Crippen MR) is 58.5 cm³/mol. The van der Waals surface area contributed by atoms with Gasteiger partial charge in [0.05, 0.1) is 5.60 Å². The van der Waals surface area contributed by atoms with Crippen LogP contribution in [-0.4, -0.2) is 56.4 Å². The number of aliphatic hydroxyl groups excluding tert-OH is 2. The SMILES string of the molecule is CC1(C)O[C@]2(O)C(=CC(=O)[C@]3(C)O[C@@H]32)[C@@H](O)[C@@H]1O. The summed E-state index contributed by atoms with van der Waals surface area (Å²) in [5.74, 6) is -2.19. The van der Waals surface area contributed by atoms with E-state index in [-0.39, 0.29) is 11.4 Å². The van der Waals surface area contributed by atoms with Gasteiger partial charge < -0.3 is 24.8 Å². The Balaban J connectivity index is 2.11. The number of ether oxygens (including phenoxy) is 2. The maximum atomic E-state index is 11.8. The van der Waals surface area contributed by atoms with Gasteiger partial charge in [0, 0.05) is 5.57 Å². The van der Waals surface area contributed by atoms with Gasteiger partial charge in [-0.3, -0.25) is 4.79 Å². The summed E-state index contributed by atoms with van der Waals surface area (Å²) in [7, 11) is 0. The Morgan fingerprint density at radius 3 is 2.50 bits per heavy atom. The molecular weight excluding hydrogens is 240 g/mol. The quantitative estimate of drug-likeness (QED) is 0.474. The van der Waals surface area contributed by atoms with E-state index in [4.69, 9.17) is 9.47 Å². The fraction of sp³-hybridized carbons (Fsp3) is 0.750. The van der Waals surface area contributed by atoms with Crippen molar-refractivity contribution in [1.29, 1.82) is 0 Å². The molecule has 0 unspecified atom stereocenters. The van der Waals surface area contributed by atoms with Crippen LogP contribution in [0.15, 0.2) is 11.6 Å². The molecule has 0 radical (unpaired) electrons. The normalized spacial score (nSPS) is 53.3. The molecule has 6 heteroatoms. The summed E-state index contributed by atoms with van der Waals surface area (Å²) in [6, 6.07) is 0. The maximum absolute atomic E-state index is 11.8. The predicted octanol–water partition coefficient (Wildman–Crippen LogP) is -1.13. The maximum Gasteiger partial charge on any atom is 0.222 e. The number of fused-ring (bicyclic) bond motifs is 3. The first-order valence-corrected chi connectivity index (χ1v) is 5.86. The van der Waals surface area contributed by atoms with Crippen LogP contribution < -0.4 is 0 Å². The third-order valence-corrected chi connectivity index (χ3v) is 4.10. The molecule has 0 spiro atoms. The molecule has 2 fully saturated rings. The van der Waals surface area contributed by atoms with E-state index in [0.717, 1.165) is 6.08 Å². The standard InChI is InChI=1S/C12H16O6/c1-10(2)8(15)7(14)5-4-6(13)11(3)9(17-11)12(5,16)18-10/h4,7-9,14-16H,1-3H3/t7-,8+,9+,11+,12-/m1/s1. The minimum absolute atomic E-state index is 0.0284. The summed E-state index contributed by atoms with van der Waals surface area (Å²) in [4.78, 5) is 11.8. The van der Waals surface area contributed by atoms with Crippen molar-refractivity contribution >= 4 is 5.78 Å². The van der Waals surface area contributed by atoms with Crippen LogP contribution in [0.3, 0.4) is 0 Å². The summed E-state index contributed by atoms with van der Waals surface area (Å²) < 4.78 is 10.8. The minimum Gasteiger partial charge on any atom is -0.387 e. The molecule has 2 aliphatic heterocycles. The van der Waals surface area contributed by atoms with E-state index >= 15 is 0 Å². The lowest BCUT2D eigenvalue weighted by atomic mass is 9.76. The minimum atomic E-state index is -1.86. The molecule has 18 heavy (non-hydrogen) atoms. The topological polar surface area (TPSA) is 99.5 Å². The van der Waals surface area contributed by atoms with Crippen LogP contribution >= 0.6 is 0 Å². The molecular formula is C12H16O6. The van der Waals surface area contributed by atoms with Crippen LogP contribution in [0.2, 0.25) is 0 Å². The second-order valence-electron chi connectivity index (χ2n) is 5.86. The van der Waals surface area contributed by atoms with Crippen LogP contribution in [0.4, 0.5) is 0 Å². The summed E-state index contributed by atoms with van der Waals surface area (Å²) in [5, 5.41) is 30.5. The zero-order valence-corrected chi connectivity index (χ0v) is 10.4. The number of ketones is 1. The summed E-state index contributed by atoms with van der Waals surface area (Å²) in [6.45, 7) is 4.69. The number of rotatable bonds is 0. The molecule has 5 atom stereocenters. The smallest absolute Gasteiger partial charge is 0.222 e. The molecule has 0 saturated carbocycles. The molecule has 2 saturated heterocycles. The molecule has 3 N–H and O–H groups in total. The van der Waals surface area contributed by atoms with Crippen molar-refractivity contribution in [1.82, 2.24) is 0 Å². The molecule has 2 heterocycles. The first-order valence-electron chi connectivity index (χ1n) is 5.86. The highest BCUT2D eigenvalue weighted by Gasteiger charge is 2.74. The van der Waals surface area contributed by atoms with Gasteiger partial charge >= 0.3 is 0 Å². The fourth-order valence-corrected chi connectivity index (χ4v) is 2.81. The van der Waals surface area contributed by atoms with Crippen molar-refractivity contribution in [3.05, 3.63) is 11.6 Å². The molecule has 0 amide bonds.